The number of nitrogens with one attached hydrogen (secondary N) is 2. The molecule has 0 aliphatic heterocycles. The fraction of sp³-hybridized carbons (Fsp3) is 0.588. The highest BCUT2D eigenvalue weighted by molar-refractivity contribution is 5.91. The minimum absolute atomic E-state index is 0.0165. The summed E-state index contributed by atoms with van der Waals surface area (Å²) < 4.78 is 5.08. The normalized spacial score (nSPS) is 22.3. The Kier molecular flexibility index (Phi) is 6.21. The van der Waals surface area contributed by atoms with Crippen LogP contribution in [0.5, 0.6) is 5.75 Å². The largest absolute Gasteiger partial charge is 0.497 e. The molecule has 5 nitrogen and oxygen atoms in total. The summed E-state index contributed by atoms with van der Waals surface area (Å²) in [6.45, 7) is 2.77. The Hall–Kier alpha value is -1.59. The molecule has 0 saturated heterocycles. The van der Waals surface area contributed by atoms with Crippen LogP contribution in [0, 0.1) is 5.92 Å². The van der Waals surface area contributed by atoms with Crippen molar-refractivity contribution in [2.75, 3.05) is 19.0 Å². The molecule has 0 heterocycles. The summed E-state index contributed by atoms with van der Waals surface area (Å²) in [5.74, 6) is 1.08. The molecular weight excluding hydrogens is 280 g/mol. The van der Waals surface area contributed by atoms with Gasteiger partial charge in [0.2, 0.25) is 5.91 Å². The molecular formula is C17H26N2O3. The molecule has 0 bridgehead atoms. The number of aliphatic hydroxyl groups excluding tert-OH is 1. The number of ether oxygens (including phenoxy) is 1. The van der Waals surface area contributed by atoms with E-state index < -0.39 is 0 Å². The maximum atomic E-state index is 12.0. The first-order valence-corrected chi connectivity index (χ1v) is 7.94. The van der Waals surface area contributed by atoms with E-state index in [1.54, 1.807) is 7.11 Å². The summed E-state index contributed by atoms with van der Waals surface area (Å²) in [4.78, 5) is 12.0. The first-order chi connectivity index (χ1) is 10.6. The average Bonchev–Trinajstić information content (AvgIpc) is 2.91. The zero-order valence-electron chi connectivity index (χ0n) is 13.3. The predicted octanol–water partition coefficient (Wildman–Crippen LogP) is 2.16. The van der Waals surface area contributed by atoms with Crippen LogP contribution in [0.2, 0.25) is 0 Å². The second kappa shape index (κ2) is 8.15. The number of anilines is 1. The van der Waals surface area contributed by atoms with Crippen molar-refractivity contribution < 1.29 is 14.6 Å². The lowest BCUT2D eigenvalue weighted by Gasteiger charge is -2.19. The van der Waals surface area contributed by atoms with Gasteiger partial charge in [0.1, 0.15) is 5.75 Å². The lowest BCUT2D eigenvalue weighted by molar-refractivity contribution is -0.116. The summed E-state index contributed by atoms with van der Waals surface area (Å²) in [6, 6.07) is 7.37. The van der Waals surface area contributed by atoms with Crippen molar-refractivity contribution in [1.29, 1.82) is 0 Å². The number of benzene rings is 1. The highest BCUT2D eigenvalue weighted by atomic mass is 16.5. The summed E-state index contributed by atoms with van der Waals surface area (Å²) in [5, 5.41) is 16.0. The SMILES string of the molecule is COc1ccc(NC(=O)CC(C)NCC2CCCC2O)cc1. The average molecular weight is 306 g/mol. The Morgan fingerprint density at radius 2 is 2.09 bits per heavy atom. The molecule has 0 aromatic heterocycles. The molecule has 1 saturated carbocycles. The second-order valence-electron chi connectivity index (χ2n) is 6.05. The van der Waals surface area contributed by atoms with E-state index in [2.05, 4.69) is 10.6 Å². The van der Waals surface area contributed by atoms with Gasteiger partial charge in [-0.1, -0.05) is 6.42 Å². The standard InChI is InChI=1S/C17H26N2O3/c1-12(18-11-13-4-3-5-16(13)20)10-17(21)19-14-6-8-15(22-2)9-7-14/h6-9,12-13,16,18,20H,3-5,10-11H2,1-2H3,(H,19,21). The molecule has 122 valence electrons. The molecule has 1 aromatic rings. The summed E-state index contributed by atoms with van der Waals surface area (Å²) in [5.41, 5.74) is 0.768. The van der Waals surface area contributed by atoms with Gasteiger partial charge in [0.15, 0.2) is 0 Å². The van der Waals surface area contributed by atoms with Crippen LogP contribution in [0.1, 0.15) is 32.6 Å². The smallest absolute Gasteiger partial charge is 0.225 e. The van der Waals surface area contributed by atoms with Crippen LogP contribution < -0.4 is 15.4 Å². The molecule has 3 unspecified atom stereocenters. The summed E-state index contributed by atoms with van der Waals surface area (Å²) in [6.07, 6.45) is 3.29. The first-order valence-electron chi connectivity index (χ1n) is 7.94. The monoisotopic (exact) mass is 306 g/mol. The lowest BCUT2D eigenvalue weighted by atomic mass is 10.1. The third-order valence-corrected chi connectivity index (χ3v) is 4.21. The van der Waals surface area contributed by atoms with Crippen molar-refractivity contribution in [2.45, 2.75) is 44.8 Å². The molecule has 1 aliphatic carbocycles. The molecule has 1 aromatic carbocycles. The molecule has 1 aliphatic rings. The van der Waals surface area contributed by atoms with E-state index in [-0.39, 0.29) is 18.1 Å². The number of hydrogen-bond acceptors (Lipinski definition) is 4. The summed E-state index contributed by atoms with van der Waals surface area (Å²) >= 11 is 0. The van der Waals surface area contributed by atoms with Crippen molar-refractivity contribution >= 4 is 11.6 Å². The van der Waals surface area contributed by atoms with E-state index in [9.17, 15) is 9.90 Å². The fourth-order valence-corrected chi connectivity index (χ4v) is 2.84. The number of hydrogen-bond donors (Lipinski definition) is 3. The van der Waals surface area contributed by atoms with Gasteiger partial charge in [-0.2, -0.15) is 0 Å². The topological polar surface area (TPSA) is 70.6 Å². The van der Waals surface area contributed by atoms with Crippen LogP contribution in [0.3, 0.4) is 0 Å². The zero-order valence-corrected chi connectivity index (χ0v) is 13.3. The van der Waals surface area contributed by atoms with E-state index in [0.717, 1.165) is 37.2 Å². The number of methoxy groups -OCH3 is 1. The Morgan fingerprint density at radius 1 is 1.36 bits per heavy atom. The van der Waals surface area contributed by atoms with Gasteiger partial charge >= 0.3 is 0 Å². The quantitative estimate of drug-likeness (QED) is 0.722. The molecule has 3 N–H and O–H groups in total. The molecule has 0 spiro atoms. The van der Waals surface area contributed by atoms with Crippen LogP contribution in [-0.4, -0.2) is 36.8 Å². The van der Waals surface area contributed by atoms with Crippen LogP contribution in [0.25, 0.3) is 0 Å². The minimum Gasteiger partial charge on any atom is -0.497 e. The molecule has 1 amide bonds. The Bertz CT molecular complexity index is 475. The van der Waals surface area contributed by atoms with Crippen molar-refractivity contribution in [1.82, 2.24) is 5.32 Å². The molecule has 3 atom stereocenters. The third-order valence-electron chi connectivity index (χ3n) is 4.21. The second-order valence-corrected chi connectivity index (χ2v) is 6.05. The number of aliphatic hydroxyl groups is 1. The van der Waals surface area contributed by atoms with Crippen LogP contribution in [-0.2, 0) is 4.79 Å². The number of carbonyl (C=O) groups excluding carboxylic acids is 1. The Balaban J connectivity index is 1.71. The van der Waals surface area contributed by atoms with E-state index >= 15 is 0 Å². The fourth-order valence-electron chi connectivity index (χ4n) is 2.84. The Labute approximate surface area is 132 Å². The van der Waals surface area contributed by atoms with Gasteiger partial charge in [0.05, 0.1) is 13.2 Å². The Morgan fingerprint density at radius 3 is 2.68 bits per heavy atom. The van der Waals surface area contributed by atoms with Crippen LogP contribution in [0.15, 0.2) is 24.3 Å². The van der Waals surface area contributed by atoms with Crippen LogP contribution >= 0.6 is 0 Å². The van der Waals surface area contributed by atoms with Gasteiger partial charge in [0, 0.05) is 24.7 Å². The van der Waals surface area contributed by atoms with Crippen LogP contribution in [0.4, 0.5) is 5.69 Å². The molecule has 1 fully saturated rings. The first kappa shape index (κ1) is 16.8. The summed E-state index contributed by atoms with van der Waals surface area (Å²) in [7, 11) is 1.61. The lowest BCUT2D eigenvalue weighted by Crippen LogP contribution is -2.36. The van der Waals surface area contributed by atoms with E-state index in [1.165, 1.54) is 0 Å². The maximum Gasteiger partial charge on any atom is 0.225 e. The highest BCUT2D eigenvalue weighted by Crippen LogP contribution is 2.24. The third kappa shape index (κ3) is 5.00. The van der Waals surface area contributed by atoms with Crippen molar-refractivity contribution in [3.8, 4) is 5.75 Å². The van der Waals surface area contributed by atoms with Crippen molar-refractivity contribution in [3.63, 3.8) is 0 Å². The van der Waals surface area contributed by atoms with E-state index in [4.69, 9.17) is 4.74 Å². The van der Waals surface area contributed by atoms with Crippen molar-refractivity contribution in [2.24, 2.45) is 5.92 Å². The molecule has 5 heteroatoms. The maximum absolute atomic E-state index is 12.0. The predicted molar refractivity (Wildman–Crippen MR) is 87.1 cm³/mol. The molecule has 2 rings (SSSR count). The number of rotatable bonds is 7. The van der Waals surface area contributed by atoms with Gasteiger partial charge in [-0.15, -0.1) is 0 Å². The van der Waals surface area contributed by atoms with Gasteiger partial charge in [-0.05, 0) is 49.9 Å². The van der Waals surface area contributed by atoms with Gasteiger partial charge in [-0.3, -0.25) is 4.79 Å². The highest BCUT2D eigenvalue weighted by Gasteiger charge is 2.25. The zero-order chi connectivity index (χ0) is 15.9. The van der Waals surface area contributed by atoms with Gasteiger partial charge in [-0.25, -0.2) is 0 Å². The molecule has 22 heavy (non-hydrogen) atoms. The van der Waals surface area contributed by atoms with Crippen molar-refractivity contribution in [3.05, 3.63) is 24.3 Å². The van der Waals surface area contributed by atoms with Gasteiger partial charge < -0.3 is 20.5 Å². The number of carbonyl (C=O) groups is 1. The molecule has 0 radical (unpaired) electrons. The van der Waals surface area contributed by atoms with Gasteiger partial charge in [0.25, 0.3) is 0 Å². The van der Waals surface area contributed by atoms with E-state index in [1.807, 2.05) is 31.2 Å². The minimum atomic E-state index is -0.187. The number of amides is 1. The van der Waals surface area contributed by atoms with E-state index in [0.29, 0.717) is 12.3 Å².